The van der Waals surface area contributed by atoms with Gasteiger partial charge in [-0.15, -0.1) is 0 Å². The summed E-state index contributed by atoms with van der Waals surface area (Å²) < 4.78 is 89.8. The Kier molecular flexibility index (Phi) is 10.2. The third-order valence-electron chi connectivity index (χ3n) is 6.11. The average Bonchev–Trinajstić information content (AvgIpc) is 2.82. The largest absolute Gasteiger partial charge is 0.416 e. The van der Waals surface area contributed by atoms with Crippen LogP contribution in [0.3, 0.4) is 0 Å². The van der Waals surface area contributed by atoms with Crippen molar-refractivity contribution in [3.63, 3.8) is 0 Å². The molecule has 3 nitrogen and oxygen atoms in total. The van der Waals surface area contributed by atoms with Crippen LogP contribution in [-0.4, -0.2) is 25.3 Å². The Balaban J connectivity index is 2.35. The van der Waals surface area contributed by atoms with Gasteiger partial charge in [0.15, 0.2) is 0 Å². The lowest BCUT2D eigenvalue weighted by Crippen LogP contribution is -2.40. The second kappa shape index (κ2) is 12.2. The van der Waals surface area contributed by atoms with Crippen LogP contribution >= 0.6 is 0 Å². The molecule has 1 N–H and O–H groups in total. The fraction of sp³-hybridized carbons (Fsp3) is 0.538. The van der Waals surface area contributed by atoms with E-state index in [9.17, 15) is 31.4 Å². The molecule has 0 bridgehead atoms. The fourth-order valence-electron chi connectivity index (χ4n) is 4.09. The summed E-state index contributed by atoms with van der Waals surface area (Å²) in [6.07, 6.45) is -3.16. The molecule has 9 heteroatoms. The first-order valence-electron chi connectivity index (χ1n) is 11.6. The van der Waals surface area contributed by atoms with Gasteiger partial charge in [0.2, 0.25) is 0 Å². The number of hydrogen-bond acceptors (Lipinski definition) is 3. The summed E-state index contributed by atoms with van der Waals surface area (Å²) in [5.41, 5.74) is -2.18. The van der Waals surface area contributed by atoms with E-state index in [1.54, 1.807) is 12.1 Å². The Labute approximate surface area is 202 Å². The summed E-state index contributed by atoms with van der Waals surface area (Å²) >= 11 is 0. The number of rotatable bonds is 12. The van der Waals surface area contributed by atoms with Crippen molar-refractivity contribution in [2.75, 3.05) is 14.2 Å². The van der Waals surface area contributed by atoms with E-state index in [0.29, 0.717) is 24.1 Å². The molecule has 196 valence electrons. The van der Waals surface area contributed by atoms with Crippen LogP contribution in [0.5, 0.6) is 0 Å². The van der Waals surface area contributed by atoms with E-state index in [1.165, 1.54) is 26.4 Å². The minimum absolute atomic E-state index is 0.103. The third kappa shape index (κ3) is 7.95. The highest BCUT2D eigenvalue weighted by atomic mass is 19.4. The minimum Gasteiger partial charge on any atom is -0.343 e. The zero-order chi connectivity index (χ0) is 26.3. The molecule has 0 fully saturated rings. The maximum Gasteiger partial charge on any atom is 0.416 e. The number of aliphatic hydroxyl groups is 1. The molecule has 1 unspecified atom stereocenters. The zero-order valence-electron chi connectivity index (χ0n) is 20.1. The topological polar surface area (TPSA) is 38.7 Å². The van der Waals surface area contributed by atoms with E-state index in [2.05, 4.69) is 6.92 Å². The van der Waals surface area contributed by atoms with Gasteiger partial charge in [0.25, 0.3) is 5.97 Å². The average molecular weight is 507 g/mol. The van der Waals surface area contributed by atoms with Crippen molar-refractivity contribution in [3.8, 4) is 11.1 Å². The van der Waals surface area contributed by atoms with Gasteiger partial charge in [-0.2, -0.15) is 26.3 Å². The van der Waals surface area contributed by atoms with E-state index < -0.39 is 35.4 Å². The van der Waals surface area contributed by atoms with Crippen LogP contribution in [0, 0.1) is 0 Å². The number of alkyl halides is 6. The van der Waals surface area contributed by atoms with Gasteiger partial charge in [-0.05, 0) is 41.3 Å². The Morgan fingerprint density at radius 2 is 1.20 bits per heavy atom. The molecule has 0 saturated carbocycles. The van der Waals surface area contributed by atoms with Crippen LogP contribution in [0.25, 0.3) is 11.1 Å². The van der Waals surface area contributed by atoms with Crippen LogP contribution in [0.15, 0.2) is 42.5 Å². The van der Waals surface area contributed by atoms with Gasteiger partial charge in [0, 0.05) is 14.2 Å². The van der Waals surface area contributed by atoms with Crippen molar-refractivity contribution in [2.45, 2.75) is 76.1 Å². The maximum absolute atomic E-state index is 13.2. The van der Waals surface area contributed by atoms with Crippen LogP contribution in [-0.2, 0) is 21.8 Å². The molecule has 1 atom stereocenters. The molecule has 0 heterocycles. The van der Waals surface area contributed by atoms with Crippen molar-refractivity contribution >= 4 is 0 Å². The molecule has 0 saturated heterocycles. The molecule has 0 aliphatic heterocycles. The number of methoxy groups -OCH3 is 2. The first kappa shape index (κ1) is 29.1. The molecule has 0 spiro atoms. The predicted octanol–water partition coefficient (Wildman–Crippen LogP) is 8.16. The number of hydrogen-bond donors (Lipinski definition) is 1. The lowest BCUT2D eigenvalue weighted by atomic mass is 9.89. The molecular weight excluding hydrogens is 474 g/mol. The molecule has 35 heavy (non-hydrogen) atoms. The van der Waals surface area contributed by atoms with E-state index in [-0.39, 0.29) is 17.2 Å². The Hall–Kier alpha value is -2.10. The van der Waals surface area contributed by atoms with Gasteiger partial charge < -0.3 is 14.6 Å². The number of unbranched alkanes of at least 4 members (excludes halogenated alkanes) is 5. The van der Waals surface area contributed by atoms with Gasteiger partial charge in [0.05, 0.1) is 17.0 Å². The smallest absolute Gasteiger partial charge is 0.343 e. The molecule has 2 rings (SSSR count). The molecule has 0 amide bonds. The van der Waals surface area contributed by atoms with E-state index in [1.807, 2.05) is 0 Å². The molecule has 0 aliphatic carbocycles. The van der Waals surface area contributed by atoms with Gasteiger partial charge in [-0.1, -0.05) is 69.7 Å². The number of halogens is 6. The SMILES string of the molecule is CCCCCCCCC(c1ccc(-c2cc(C(F)(F)F)cc(C(F)(F)F)c2)cc1)C(O)(OC)OC. The Bertz CT molecular complexity index is 886. The monoisotopic (exact) mass is 506 g/mol. The van der Waals surface area contributed by atoms with Crippen LogP contribution in [0.2, 0.25) is 0 Å². The molecule has 0 aliphatic rings. The summed E-state index contributed by atoms with van der Waals surface area (Å²) in [5.74, 6) is -2.53. The highest BCUT2D eigenvalue weighted by Gasteiger charge is 2.39. The molecule has 0 radical (unpaired) electrons. The lowest BCUT2D eigenvalue weighted by Gasteiger charge is -2.33. The van der Waals surface area contributed by atoms with Crippen molar-refractivity contribution in [3.05, 3.63) is 59.2 Å². The number of benzene rings is 2. The molecular formula is C26H32F6O3. The van der Waals surface area contributed by atoms with Crippen LogP contribution in [0.1, 0.15) is 74.5 Å². The van der Waals surface area contributed by atoms with E-state index >= 15 is 0 Å². The van der Waals surface area contributed by atoms with Gasteiger partial charge >= 0.3 is 12.4 Å². The third-order valence-corrected chi connectivity index (χ3v) is 6.11. The van der Waals surface area contributed by atoms with Gasteiger partial charge in [-0.25, -0.2) is 0 Å². The van der Waals surface area contributed by atoms with E-state index in [0.717, 1.165) is 38.5 Å². The van der Waals surface area contributed by atoms with Crippen molar-refractivity contribution in [1.82, 2.24) is 0 Å². The maximum atomic E-state index is 13.2. The standard InChI is InChI=1S/C26H32F6O3/c1-4-5-6-7-8-9-10-23(26(33,34-2)35-3)19-13-11-18(12-14-19)20-15-21(24(27,28)29)17-22(16-20)25(30,31)32/h11-17,23,33H,4-10H2,1-3H3. The summed E-state index contributed by atoms with van der Waals surface area (Å²) in [6.45, 7) is 2.13. The van der Waals surface area contributed by atoms with Gasteiger partial charge in [0.1, 0.15) is 0 Å². The van der Waals surface area contributed by atoms with E-state index in [4.69, 9.17) is 9.47 Å². The summed E-state index contributed by atoms with van der Waals surface area (Å²) in [4.78, 5) is 0. The summed E-state index contributed by atoms with van der Waals surface area (Å²) in [7, 11) is 2.60. The quantitative estimate of drug-likeness (QED) is 0.179. The Morgan fingerprint density at radius 3 is 1.66 bits per heavy atom. The van der Waals surface area contributed by atoms with Crippen molar-refractivity contribution < 1.29 is 40.9 Å². The molecule has 0 aromatic heterocycles. The second-order valence-electron chi connectivity index (χ2n) is 8.56. The van der Waals surface area contributed by atoms with Crippen molar-refractivity contribution in [1.29, 1.82) is 0 Å². The van der Waals surface area contributed by atoms with Crippen LogP contribution < -0.4 is 0 Å². The van der Waals surface area contributed by atoms with Crippen LogP contribution in [0.4, 0.5) is 26.3 Å². The second-order valence-corrected chi connectivity index (χ2v) is 8.56. The first-order valence-corrected chi connectivity index (χ1v) is 11.6. The normalized spacial score (nSPS) is 13.8. The Morgan fingerprint density at radius 1 is 0.714 bits per heavy atom. The first-order chi connectivity index (χ1) is 16.4. The molecule has 2 aromatic carbocycles. The highest BCUT2D eigenvalue weighted by Crippen LogP contribution is 2.40. The van der Waals surface area contributed by atoms with Gasteiger partial charge in [-0.3, -0.25) is 0 Å². The summed E-state index contributed by atoms with van der Waals surface area (Å²) in [5, 5.41) is 10.8. The fourth-order valence-corrected chi connectivity index (χ4v) is 4.09. The lowest BCUT2D eigenvalue weighted by molar-refractivity contribution is -0.353. The highest BCUT2D eigenvalue weighted by molar-refractivity contribution is 5.66. The zero-order valence-corrected chi connectivity index (χ0v) is 20.1. The predicted molar refractivity (Wildman–Crippen MR) is 122 cm³/mol. The summed E-state index contributed by atoms with van der Waals surface area (Å²) in [6, 6.07) is 7.49. The minimum atomic E-state index is -4.93. The molecule has 2 aromatic rings. The van der Waals surface area contributed by atoms with Crippen molar-refractivity contribution in [2.24, 2.45) is 0 Å². The number of ether oxygens (including phenoxy) is 2.